The molecule has 2 aromatic heterocycles. The highest BCUT2D eigenvalue weighted by Gasteiger charge is 2.27. The van der Waals surface area contributed by atoms with Crippen LogP contribution < -0.4 is 9.64 Å². The van der Waals surface area contributed by atoms with Gasteiger partial charge in [0.2, 0.25) is 5.91 Å². The van der Waals surface area contributed by atoms with Crippen molar-refractivity contribution in [3.8, 4) is 34.2 Å². The zero-order valence-electron chi connectivity index (χ0n) is 24.0. The first-order valence-corrected chi connectivity index (χ1v) is 14.5. The number of nitrogens with one attached hydrogen (secondary N) is 1. The SMILES string of the molecule is CC.CCC(=O)N1CCC(Oc2ccc(-c3ccnc4[nH]c(-c5ccc(N6CCOCC6)cc5)cc34)cc2C#N)C1. The lowest BCUT2D eigenvalue weighted by molar-refractivity contribution is -0.130. The van der Waals surface area contributed by atoms with Crippen LogP contribution in [-0.2, 0) is 9.53 Å². The second kappa shape index (κ2) is 12.9. The van der Waals surface area contributed by atoms with Crippen LogP contribution in [0.15, 0.2) is 60.8 Å². The molecular weight excluding hydrogens is 514 g/mol. The van der Waals surface area contributed by atoms with E-state index in [-0.39, 0.29) is 12.0 Å². The first-order chi connectivity index (χ1) is 20.1. The summed E-state index contributed by atoms with van der Waals surface area (Å²) in [7, 11) is 0. The van der Waals surface area contributed by atoms with E-state index >= 15 is 0 Å². The number of ether oxygens (including phenoxy) is 2. The van der Waals surface area contributed by atoms with E-state index in [1.165, 1.54) is 5.69 Å². The minimum atomic E-state index is -0.104. The number of rotatable bonds is 6. The first-order valence-electron chi connectivity index (χ1n) is 14.5. The molecule has 0 aliphatic carbocycles. The average molecular weight is 552 g/mol. The van der Waals surface area contributed by atoms with Gasteiger partial charge in [0.15, 0.2) is 0 Å². The Kier molecular flexibility index (Phi) is 8.85. The predicted molar refractivity (Wildman–Crippen MR) is 162 cm³/mol. The number of nitrogens with zero attached hydrogens (tertiary/aromatic N) is 4. The van der Waals surface area contributed by atoms with Crippen molar-refractivity contribution in [1.29, 1.82) is 5.26 Å². The van der Waals surface area contributed by atoms with E-state index in [9.17, 15) is 10.1 Å². The van der Waals surface area contributed by atoms with E-state index in [4.69, 9.17) is 9.47 Å². The van der Waals surface area contributed by atoms with Gasteiger partial charge in [-0.2, -0.15) is 5.26 Å². The number of hydrogen-bond donors (Lipinski definition) is 1. The fourth-order valence-corrected chi connectivity index (χ4v) is 5.45. The van der Waals surface area contributed by atoms with Crippen molar-refractivity contribution < 1.29 is 14.3 Å². The third-order valence-corrected chi connectivity index (χ3v) is 7.59. The molecule has 8 heteroatoms. The molecule has 1 unspecified atom stereocenters. The number of fused-ring (bicyclic) bond motifs is 1. The standard InChI is InChI=1S/C31H31N5O3.C2H6/c1-2-30(37)36-12-10-25(20-36)39-29-8-5-22(17-23(29)19-32)26-9-11-33-31-27(26)18-28(34-31)21-3-6-24(7-4-21)35-13-15-38-16-14-35;1-2/h3-9,11,17-18,25H,2,10,12-16,20H2,1H3,(H,33,34);1-2H3. The number of aromatic amines is 1. The van der Waals surface area contributed by atoms with Crippen LogP contribution in [0.25, 0.3) is 33.4 Å². The molecule has 1 amide bonds. The highest BCUT2D eigenvalue weighted by molar-refractivity contribution is 5.96. The molecule has 2 aliphatic heterocycles. The number of nitriles is 1. The molecule has 2 saturated heterocycles. The number of benzene rings is 2. The van der Waals surface area contributed by atoms with Crippen LogP contribution in [0.4, 0.5) is 5.69 Å². The molecule has 0 spiro atoms. The quantitative estimate of drug-likeness (QED) is 0.315. The van der Waals surface area contributed by atoms with Gasteiger partial charge in [0.1, 0.15) is 23.6 Å². The van der Waals surface area contributed by atoms with Crippen molar-refractivity contribution in [2.75, 3.05) is 44.3 Å². The summed E-state index contributed by atoms with van der Waals surface area (Å²) in [5.41, 5.74) is 6.48. The Bertz CT molecular complexity index is 1530. The topological polar surface area (TPSA) is 94.5 Å². The number of H-pyrrole nitrogens is 1. The van der Waals surface area contributed by atoms with Crippen LogP contribution in [0, 0.1) is 11.3 Å². The molecule has 6 rings (SSSR count). The van der Waals surface area contributed by atoms with Crippen LogP contribution in [0.5, 0.6) is 5.75 Å². The maximum atomic E-state index is 12.0. The fourth-order valence-electron chi connectivity index (χ4n) is 5.45. The van der Waals surface area contributed by atoms with Gasteiger partial charge in [-0.25, -0.2) is 4.98 Å². The van der Waals surface area contributed by atoms with E-state index < -0.39 is 0 Å². The second-order valence-electron chi connectivity index (χ2n) is 9.99. The summed E-state index contributed by atoms with van der Waals surface area (Å²) >= 11 is 0. The zero-order valence-corrected chi connectivity index (χ0v) is 24.0. The maximum Gasteiger partial charge on any atom is 0.222 e. The van der Waals surface area contributed by atoms with E-state index in [1.54, 1.807) is 6.20 Å². The van der Waals surface area contributed by atoms with Crippen LogP contribution in [0.2, 0.25) is 0 Å². The molecule has 4 aromatic rings. The minimum Gasteiger partial charge on any atom is -0.487 e. The maximum absolute atomic E-state index is 12.0. The van der Waals surface area contributed by atoms with Gasteiger partial charge in [0.05, 0.1) is 25.3 Å². The Morgan fingerprint density at radius 2 is 1.83 bits per heavy atom. The lowest BCUT2D eigenvalue weighted by atomic mass is 10.0. The largest absolute Gasteiger partial charge is 0.487 e. The van der Waals surface area contributed by atoms with Gasteiger partial charge < -0.3 is 24.3 Å². The van der Waals surface area contributed by atoms with Gasteiger partial charge in [-0.1, -0.05) is 39.0 Å². The predicted octanol–water partition coefficient (Wildman–Crippen LogP) is 6.02. The fraction of sp³-hybridized carbons (Fsp3) is 0.364. The molecule has 2 aliphatic rings. The van der Waals surface area contributed by atoms with Crippen molar-refractivity contribution in [2.45, 2.75) is 39.7 Å². The van der Waals surface area contributed by atoms with Crippen molar-refractivity contribution >= 4 is 22.6 Å². The zero-order chi connectivity index (χ0) is 28.8. The molecule has 2 fully saturated rings. The number of carbonyl (C=O) groups is 1. The van der Waals surface area contributed by atoms with Gasteiger partial charge in [0, 0.05) is 55.4 Å². The number of aromatic nitrogens is 2. The molecule has 41 heavy (non-hydrogen) atoms. The first kappa shape index (κ1) is 28.2. The highest BCUT2D eigenvalue weighted by Crippen LogP contribution is 2.34. The molecular formula is C33H37N5O3. The van der Waals surface area contributed by atoms with E-state index in [1.807, 2.05) is 49.9 Å². The van der Waals surface area contributed by atoms with Gasteiger partial charge in [0.25, 0.3) is 0 Å². The Morgan fingerprint density at radius 3 is 2.56 bits per heavy atom. The molecule has 0 bridgehead atoms. The lowest BCUT2D eigenvalue weighted by Crippen LogP contribution is -2.36. The minimum absolute atomic E-state index is 0.104. The third kappa shape index (κ3) is 6.06. The summed E-state index contributed by atoms with van der Waals surface area (Å²) in [5.74, 6) is 0.690. The summed E-state index contributed by atoms with van der Waals surface area (Å²) in [6.07, 6.45) is 2.94. The molecule has 8 nitrogen and oxygen atoms in total. The molecule has 4 heterocycles. The Balaban J connectivity index is 0.00000165. The number of likely N-dealkylation sites (tertiary alicyclic amines) is 1. The van der Waals surface area contributed by atoms with E-state index in [2.05, 4.69) is 51.3 Å². The van der Waals surface area contributed by atoms with E-state index in [0.29, 0.717) is 30.8 Å². The summed E-state index contributed by atoms with van der Waals surface area (Å²) in [5, 5.41) is 10.9. The second-order valence-corrected chi connectivity index (χ2v) is 9.99. The summed E-state index contributed by atoms with van der Waals surface area (Å²) in [6, 6.07) is 20.7. The lowest BCUT2D eigenvalue weighted by Gasteiger charge is -2.28. The number of morpholine rings is 1. The third-order valence-electron chi connectivity index (χ3n) is 7.59. The molecule has 1 atom stereocenters. The highest BCUT2D eigenvalue weighted by atomic mass is 16.5. The van der Waals surface area contributed by atoms with Crippen molar-refractivity contribution in [3.63, 3.8) is 0 Å². The number of amides is 1. The average Bonchev–Trinajstić information content (AvgIpc) is 3.70. The van der Waals surface area contributed by atoms with Crippen LogP contribution in [0.1, 0.15) is 39.2 Å². The smallest absolute Gasteiger partial charge is 0.222 e. The van der Waals surface area contributed by atoms with Crippen LogP contribution >= 0.6 is 0 Å². The number of pyridine rings is 1. The normalized spacial score (nSPS) is 16.7. The molecule has 0 radical (unpaired) electrons. The Morgan fingerprint density at radius 1 is 1.07 bits per heavy atom. The van der Waals surface area contributed by atoms with Gasteiger partial charge in [-0.05, 0) is 53.1 Å². The number of carbonyl (C=O) groups excluding carboxylic acids is 1. The van der Waals surface area contributed by atoms with Crippen LogP contribution in [0.3, 0.4) is 0 Å². The molecule has 0 saturated carbocycles. The summed E-state index contributed by atoms with van der Waals surface area (Å²) in [6.45, 7) is 10.5. The van der Waals surface area contributed by atoms with Crippen molar-refractivity contribution in [1.82, 2.24) is 14.9 Å². The van der Waals surface area contributed by atoms with Gasteiger partial charge in [-0.15, -0.1) is 0 Å². The number of anilines is 1. The monoisotopic (exact) mass is 551 g/mol. The van der Waals surface area contributed by atoms with Crippen molar-refractivity contribution in [2.24, 2.45) is 0 Å². The van der Waals surface area contributed by atoms with Gasteiger partial charge in [-0.3, -0.25) is 4.79 Å². The summed E-state index contributed by atoms with van der Waals surface area (Å²) in [4.78, 5) is 24.2. The molecule has 1 N–H and O–H groups in total. The van der Waals surface area contributed by atoms with Crippen molar-refractivity contribution in [3.05, 3.63) is 66.4 Å². The molecule has 2 aromatic carbocycles. The Labute approximate surface area is 241 Å². The summed E-state index contributed by atoms with van der Waals surface area (Å²) < 4.78 is 11.6. The van der Waals surface area contributed by atoms with Gasteiger partial charge >= 0.3 is 0 Å². The Hall–Kier alpha value is -4.35. The molecule has 212 valence electrons. The van der Waals surface area contributed by atoms with Crippen LogP contribution in [-0.4, -0.2) is 66.3 Å². The number of hydrogen-bond acceptors (Lipinski definition) is 6. The van der Waals surface area contributed by atoms with E-state index in [0.717, 1.165) is 66.1 Å².